The first-order chi connectivity index (χ1) is 40.4. The van der Waals surface area contributed by atoms with Gasteiger partial charge in [0, 0.05) is 104 Å². The Morgan fingerprint density at radius 1 is 0.571 bits per heavy atom. The lowest BCUT2D eigenvalue weighted by molar-refractivity contribution is 0.00578. The van der Waals surface area contributed by atoms with Crippen molar-refractivity contribution in [3.8, 4) is 11.1 Å². The molecule has 2 amide bonds. The van der Waals surface area contributed by atoms with E-state index in [0.29, 0.717) is 82.0 Å². The van der Waals surface area contributed by atoms with E-state index in [1.54, 1.807) is 36.4 Å². The average molecular weight is 1270 g/mol. The number of sulfonamides is 2. The summed E-state index contributed by atoms with van der Waals surface area (Å²) >= 11 is 6.26. The van der Waals surface area contributed by atoms with Crippen LogP contribution < -0.4 is 5.46 Å². The van der Waals surface area contributed by atoms with Crippen LogP contribution >= 0.6 is 38.6 Å². The van der Waals surface area contributed by atoms with E-state index < -0.39 is 27.2 Å². The Hall–Kier alpha value is -5.76. The normalized spacial score (nSPS) is 19.6. The molecule has 0 unspecified atom stereocenters. The van der Waals surface area contributed by atoms with Crippen LogP contribution in [-0.4, -0.2) is 154 Å². The Balaban J connectivity index is 0.000000141. The highest BCUT2D eigenvalue weighted by Gasteiger charge is 2.52. The molecule has 9 heterocycles. The van der Waals surface area contributed by atoms with Crippen LogP contribution in [0.1, 0.15) is 82.4 Å². The van der Waals surface area contributed by atoms with E-state index in [2.05, 4.69) is 80.1 Å². The number of pyridine rings is 2. The van der Waals surface area contributed by atoms with Crippen LogP contribution in [-0.2, 0) is 51.7 Å². The number of rotatable bonds is 10. The summed E-state index contributed by atoms with van der Waals surface area (Å²) in [6.07, 6.45) is 15.9. The van der Waals surface area contributed by atoms with Gasteiger partial charge in [-0.1, -0.05) is 70.6 Å². The molecule has 16 nitrogen and oxygen atoms in total. The second-order valence-electron chi connectivity index (χ2n) is 22.1. The summed E-state index contributed by atoms with van der Waals surface area (Å²) in [5, 5.41) is 3.88. The maximum absolute atomic E-state index is 13.0. The van der Waals surface area contributed by atoms with Gasteiger partial charge in [0.05, 0.1) is 68.6 Å². The third-order valence-corrected chi connectivity index (χ3v) is 22.5. The number of nitrogens with zero attached hydrogens (tertiary/aromatic N) is 6. The SMILES string of the molecule is CC1(C)OB(c2cnc3c(c2)C(C2=CCN(C(=O)c4cccs4)CC2)=CC3)OC1(C)C.O=C(c1cccs1)N1CC=C(C2=CCc3ncc(-c4ccc(S(=O)(=O)N5CCOCC5)cc4)cc32)CC1.O=S(=O)(c1ccc(Br)cc1)N1CCOCC1. The van der Waals surface area contributed by atoms with Crippen molar-refractivity contribution < 1.29 is 45.2 Å². The molecule has 0 N–H and O–H groups in total. The quantitative estimate of drug-likeness (QED) is 0.119. The number of amides is 2. The number of benzene rings is 2. The van der Waals surface area contributed by atoms with Crippen molar-refractivity contribution in [3.63, 3.8) is 0 Å². The molecule has 4 aromatic heterocycles. The van der Waals surface area contributed by atoms with Gasteiger partial charge in [0.1, 0.15) is 0 Å². The number of allylic oxidation sites excluding steroid dienone is 4. The lowest BCUT2D eigenvalue weighted by atomic mass is 9.78. The highest BCUT2D eigenvalue weighted by Crippen LogP contribution is 2.40. The second kappa shape index (κ2) is 25.3. The molecule has 13 rings (SSSR count). The van der Waals surface area contributed by atoms with Gasteiger partial charge in [-0.05, 0) is 134 Å². The van der Waals surface area contributed by atoms with Gasteiger partial charge in [0.15, 0.2) is 0 Å². The molecule has 7 aliphatic rings. The lowest BCUT2D eigenvalue weighted by Gasteiger charge is -2.32. The van der Waals surface area contributed by atoms with Gasteiger partial charge in [-0.15, -0.1) is 22.7 Å². The van der Waals surface area contributed by atoms with Crippen molar-refractivity contribution in [2.75, 3.05) is 78.8 Å². The van der Waals surface area contributed by atoms with Gasteiger partial charge in [0.25, 0.3) is 11.8 Å². The van der Waals surface area contributed by atoms with E-state index in [9.17, 15) is 26.4 Å². The summed E-state index contributed by atoms with van der Waals surface area (Å²) in [6.45, 7) is 14.3. The first-order valence-corrected chi connectivity index (χ1v) is 33.6. The van der Waals surface area contributed by atoms with E-state index in [1.165, 1.54) is 53.6 Å². The molecule has 0 spiro atoms. The summed E-state index contributed by atoms with van der Waals surface area (Å²) in [5.41, 5.74) is 11.5. The molecule has 22 heteroatoms. The summed E-state index contributed by atoms with van der Waals surface area (Å²) in [5.74, 6) is 0.213. The van der Waals surface area contributed by atoms with Crippen LogP contribution in [0.15, 0.2) is 158 Å². The van der Waals surface area contributed by atoms with E-state index in [1.807, 2.05) is 69.4 Å². The number of fused-ring (bicyclic) bond motifs is 2. The number of hydrogen-bond donors (Lipinski definition) is 0. The Morgan fingerprint density at radius 2 is 1.02 bits per heavy atom. The fraction of sp³-hybridized carbons (Fsp3) is 0.355. The largest absolute Gasteiger partial charge is 0.496 e. The number of carbonyl (C=O) groups is 2. The number of thiophene rings is 2. The number of ether oxygens (including phenoxy) is 2. The first kappa shape index (κ1) is 60.0. The van der Waals surface area contributed by atoms with Crippen molar-refractivity contribution in [2.45, 2.75) is 74.4 Å². The summed E-state index contributed by atoms with van der Waals surface area (Å²) in [6, 6.07) is 25.6. The van der Waals surface area contributed by atoms with Crippen molar-refractivity contribution in [3.05, 3.63) is 180 Å². The topological polar surface area (TPSA) is 178 Å². The van der Waals surface area contributed by atoms with Crippen molar-refractivity contribution >= 4 is 94.2 Å². The molecule has 5 aliphatic heterocycles. The summed E-state index contributed by atoms with van der Waals surface area (Å²) in [7, 11) is -7.28. The number of hydrogen-bond acceptors (Lipinski definition) is 14. The molecule has 3 saturated heterocycles. The Kier molecular flexibility index (Phi) is 18.1. The molecular formula is C62H66BBrN6O10S4. The van der Waals surface area contributed by atoms with Crippen LogP contribution in [0.4, 0.5) is 0 Å². The maximum atomic E-state index is 13.0. The molecule has 0 atom stereocenters. The highest BCUT2D eigenvalue weighted by molar-refractivity contribution is 9.10. The lowest BCUT2D eigenvalue weighted by Crippen LogP contribution is -2.41. The molecule has 0 radical (unpaired) electrons. The van der Waals surface area contributed by atoms with Gasteiger partial charge in [-0.2, -0.15) is 8.61 Å². The predicted molar refractivity (Wildman–Crippen MR) is 332 cm³/mol. The van der Waals surface area contributed by atoms with Crippen LogP contribution in [0.2, 0.25) is 0 Å². The number of aromatic nitrogens is 2. The Labute approximate surface area is 508 Å². The molecule has 3 fully saturated rings. The fourth-order valence-electron chi connectivity index (χ4n) is 10.9. The zero-order valence-electron chi connectivity index (χ0n) is 47.4. The van der Waals surface area contributed by atoms with Crippen molar-refractivity contribution in [1.82, 2.24) is 28.4 Å². The third-order valence-electron chi connectivity index (χ3n) is 16.4. The molecule has 438 valence electrons. The Morgan fingerprint density at radius 3 is 1.46 bits per heavy atom. The highest BCUT2D eigenvalue weighted by atomic mass is 79.9. The van der Waals surface area contributed by atoms with Gasteiger partial charge in [-0.25, -0.2) is 16.8 Å². The minimum Gasteiger partial charge on any atom is -0.399 e. The van der Waals surface area contributed by atoms with E-state index in [-0.39, 0.29) is 23.0 Å². The van der Waals surface area contributed by atoms with Gasteiger partial charge < -0.3 is 28.6 Å². The van der Waals surface area contributed by atoms with E-state index in [0.717, 1.165) is 85.6 Å². The van der Waals surface area contributed by atoms with Crippen LogP contribution in [0.3, 0.4) is 0 Å². The molecule has 0 bridgehead atoms. The van der Waals surface area contributed by atoms with Crippen molar-refractivity contribution in [2.24, 2.45) is 0 Å². The van der Waals surface area contributed by atoms with Crippen LogP contribution in [0.5, 0.6) is 0 Å². The van der Waals surface area contributed by atoms with Gasteiger partial charge in [-0.3, -0.25) is 19.6 Å². The fourth-order valence-corrected chi connectivity index (χ4v) is 15.4. The predicted octanol–water partition coefficient (Wildman–Crippen LogP) is 9.57. The smallest absolute Gasteiger partial charge is 0.399 e. The zero-order chi connectivity index (χ0) is 58.8. The first-order valence-electron chi connectivity index (χ1n) is 28.2. The van der Waals surface area contributed by atoms with Gasteiger partial charge in [0.2, 0.25) is 20.0 Å². The molecule has 84 heavy (non-hydrogen) atoms. The van der Waals surface area contributed by atoms with Crippen molar-refractivity contribution in [1.29, 1.82) is 0 Å². The average Bonchev–Trinajstić information content (AvgIpc) is 4.49. The Bertz CT molecular complexity index is 3750. The maximum Gasteiger partial charge on any atom is 0.496 e. The molecular weight excluding hydrogens is 1210 g/mol. The molecule has 0 saturated carbocycles. The zero-order valence-corrected chi connectivity index (χ0v) is 52.2. The molecule has 2 aliphatic carbocycles. The third kappa shape index (κ3) is 12.9. The van der Waals surface area contributed by atoms with E-state index in [4.69, 9.17) is 28.8 Å². The minimum absolute atomic E-state index is 0.0918. The monoisotopic (exact) mass is 1270 g/mol. The standard InChI is InChI=1S/C28H27N3O4S2.C24H27BN2O3S.C10H12BrNO3S/c32-28(27-2-1-17-36-27)30-11-9-21(10-12-30)24-7-8-26-25(24)18-22(19-29-26)20-3-5-23(6-4-20)37(33,34)31-13-15-35-16-14-31;1-23(2)24(3,4)30-25(29-23)17-14-19-18(7-8-20(19)26-15-17)16-9-11-27(12-10-16)22(28)21-6-5-13-31-21;11-9-1-3-10(4-2-9)16(13,14)12-5-7-15-8-6-12/h1-7,9,17-19H,8,10-16H2;5-7,9,13-15H,8,10-12H2,1-4H3;1-4H,5-8H2. The second-order valence-corrected chi connectivity index (χ2v) is 28.8. The number of halogens is 1. The van der Waals surface area contributed by atoms with Gasteiger partial charge >= 0.3 is 7.12 Å². The van der Waals surface area contributed by atoms with E-state index >= 15 is 0 Å². The molecule has 6 aromatic rings. The minimum atomic E-state index is -3.53. The number of carbonyl (C=O) groups excluding carboxylic acids is 2. The summed E-state index contributed by atoms with van der Waals surface area (Å²) < 4.78 is 76.9. The number of morpholine rings is 2. The molecule has 2 aromatic carbocycles. The van der Waals surface area contributed by atoms with Crippen LogP contribution in [0, 0.1) is 0 Å². The summed E-state index contributed by atoms with van der Waals surface area (Å²) in [4.78, 5) is 40.8. The van der Waals surface area contributed by atoms with Crippen LogP contribution in [0.25, 0.3) is 22.3 Å².